The highest BCUT2D eigenvalue weighted by Crippen LogP contribution is 2.26. The van der Waals surface area contributed by atoms with E-state index in [9.17, 15) is 0 Å². The van der Waals surface area contributed by atoms with Crippen LogP contribution < -0.4 is 0 Å². The average Bonchev–Trinajstić information content (AvgIpc) is 2.86. The predicted octanol–water partition coefficient (Wildman–Crippen LogP) is 3.77. The van der Waals surface area contributed by atoms with Crippen LogP contribution in [0.3, 0.4) is 0 Å². The van der Waals surface area contributed by atoms with Crippen LogP contribution in [0.1, 0.15) is 16.2 Å². The van der Waals surface area contributed by atoms with Gasteiger partial charge in [-0.05, 0) is 24.3 Å². The predicted molar refractivity (Wildman–Crippen MR) is 78.9 cm³/mol. The molecule has 0 aliphatic carbocycles. The first kappa shape index (κ1) is 13.2. The highest BCUT2D eigenvalue weighted by molar-refractivity contribution is 7.98. The lowest BCUT2D eigenvalue weighted by atomic mass is 10.4. The summed E-state index contributed by atoms with van der Waals surface area (Å²) >= 11 is 3.56. The van der Waals surface area contributed by atoms with Gasteiger partial charge in [0, 0.05) is 21.9 Å². The molecule has 2 rings (SSSR count). The minimum Gasteiger partial charge on any atom is -0.395 e. The van der Waals surface area contributed by atoms with Gasteiger partial charge in [0.15, 0.2) is 0 Å². The van der Waals surface area contributed by atoms with Gasteiger partial charge in [0.2, 0.25) is 0 Å². The lowest BCUT2D eigenvalue weighted by molar-refractivity contribution is 0.305. The van der Waals surface area contributed by atoms with E-state index in [0.717, 1.165) is 10.6 Å². The van der Waals surface area contributed by atoms with E-state index in [0.29, 0.717) is 6.42 Å². The van der Waals surface area contributed by atoms with E-state index >= 15 is 0 Å². The normalized spacial score (nSPS) is 9.83. The van der Waals surface area contributed by atoms with Gasteiger partial charge in [-0.1, -0.05) is 30.0 Å². The molecule has 0 aliphatic rings. The van der Waals surface area contributed by atoms with E-state index in [2.05, 4.69) is 48.2 Å². The van der Waals surface area contributed by atoms with Crippen molar-refractivity contribution in [1.29, 1.82) is 0 Å². The van der Waals surface area contributed by atoms with Gasteiger partial charge < -0.3 is 5.11 Å². The Morgan fingerprint density at radius 2 is 1.94 bits per heavy atom. The van der Waals surface area contributed by atoms with E-state index in [-0.39, 0.29) is 6.61 Å². The molecular weight excluding hydrogens is 260 g/mol. The van der Waals surface area contributed by atoms with Crippen LogP contribution in [0.5, 0.6) is 0 Å². The molecule has 0 radical (unpaired) electrons. The molecular formula is C15H14OS2. The fourth-order valence-electron chi connectivity index (χ4n) is 1.40. The van der Waals surface area contributed by atoms with Crippen LogP contribution in [0.2, 0.25) is 0 Å². The molecule has 0 bridgehead atoms. The van der Waals surface area contributed by atoms with Crippen LogP contribution in [0.15, 0.2) is 47.4 Å². The molecule has 0 saturated heterocycles. The summed E-state index contributed by atoms with van der Waals surface area (Å²) in [5, 5.41) is 8.66. The number of thiophene rings is 1. The standard InChI is InChI=1S/C15H14OS2/c16-11-5-4-8-14-9-10-15(18-14)12-17-13-6-2-1-3-7-13/h1-3,6-7,9-10,16H,5,11-12H2. The summed E-state index contributed by atoms with van der Waals surface area (Å²) in [5.41, 5.74) is 0. The second kappa shape index (κ2) is 7.27. The summed E-state index contributed by atoms with van der Waals surface area (Å²) < 4.78 is 0. The van der Waals surface area contributed by atoms with Crippen molar-refractivity contribution in [3.8, 4) is 11.8 Å². The molecule has 0 amide bonds. The Kier molecular flexibility index (Phi) is 5.35. The van der Waals surface area contributed by atoms with E-state index < -0.39 is 0 Å². The molecule has 1 nitrogen and oxygen atoms in total. The summed E-state index contributed by atoms with van der Waals surface area (Å²) in [7, 11) is 0. The summed E-state index contributed by atoms with van der Waals surface area (Å²) in [6.07, 6.45) is 0.548. The minimum atomic E-state index is 0.134. The Hall–Kier alpha value is -1.21. The van der Waals surface area contributed by atoms with Crippen molar-refractivity contribution in [3.63, 3.8) is 0 Å². The van der Waals surface area contributed by atoms with Crippen LogP contribution in [-0.2, 0) is 5.75 Å². The first-order chi connectivity index (χ1) is 8.88. The van der Waals surface area contributed by atoms with Crippen molar-refractivity contribution in [1.82, 2.24) is 0 Å². The van der Waals surface area contributed by atoms with Crippen molar-refractivity contribution >= 4 is 23.1 Å². The molecule has 1 N–H and O–H groups in total. The molecule has 1 aromatic carbocycles. The Morgan fingerprint density at radius 1 is 1.11 bits per heavy atom. The molecule has 1 heterocycles. The Labute approximate surface area is 116 Å². The summed E-state index contributed by atoms with van der Waals surface area (Å²) in [4.78, 5) is 3.70. The fraction of sp³-hybridized carbons (Fsp3) is 0.200. The zero-order chi connectivity index (χ0) is 12.6. The quantitative estimate of drug-likeness (QED) is 0.676. The highest BCUT2D eigenvalue weighted by Gasteiger charge is 1.99. The smallest absolute Gasteiger partial charge is 0.0771 e. The molecule has 1 aromatic heterocycles. The van der Waals surface area contributed by atoms with Gasteiger partial charge >= 0.3 is 0 Å². The average molecular weight is 274 g/mol. The van der Waals surface area contributed by atoms with E-state index in [1.165, 1.54) is 9.77 Å². The lowest BCUT2D eigenvalue weighted by Crippen LogP contribution is -1.75. The maximum atomic E-state index is 8.66. The second-order valence-electron chi connectivity index (χ2n) is 3.64. The van der Waals surface area contributed by atoms with Crippen LogP contribution in [0.4, 0.5) is 0 Å². The first-order valence-electron chi connectivity index (χ1n) is 5.75. The number of aliphatic hydroxyl groups excluding tert-OH is 1. The van der Waals surface area contributed by atoms with Gasteiger partial charge in [-0.2, -0.15) is 0 Å². The number of thioether (sulfide) groups is 1. The molecule has 18 heavy (non-hydrogen) atoms. The Balaban J connectivity index is 1.90. The largest absolute Gasteiger partial charge is 0.395 e. The topological polar surface area (TPSA) is 20.2 Å². The third-order valence-corrected chi connectivity index (χ3v) is 4.48. The highest BCUT2D eigenvalue weighted by atomic mass is 32.2. The number of hydrogen-bond donors (Lipinski definition) is 1. The molecule has 0 spiro atoms. The number of rotatable bonds is 4. The Morgan fingerprint density at radius 3 is 2.72 bits per heavy atom. The first-order valence-corrected chi connectivity index (χ1v) is 7.55. The molecule has 2 aromatic rings. The van der Waals surface area contributed by atoms with Crippen LogP contribution in [0, 0.1) is 11.8 Å². The minimum absolute atomic E-state index is 0.134. The van der Waals surface area contributed by atoms with Gasteiger partial charge in [0.25, 0.3) is 0 Å². The van der Waals surface area contributed by atoms with Crippen molar-refractivity contribution in [2.24, 2.45) is 0 Å². The van der Waals surface area contributed by atoms with Crippen molar-refractivity contribution < 1.29 is 5.11 Å². The van der Waals surface area contributed by atoms with Crippen LogP contribution >= 0.6 is 23.1 Å². The molecule has 0 saturated carbocycles. The zero-order valence-corrected chi connectivity index (χ0v) is 11.6. The van der Waals surface area contributed by atoms with Gasteiger partial charge in [-0.25, -0.2) is 0 Å². The van der Waals surface area contributed by atoms with Crippen molar-refractivity contribution in [2.45, 2.75) is 17.1 Å². The summed E-state index contributed by atoms with van der Waals surface area (Å²) in [5.74, 6) is 6.99. The summed E-state index contributed by atoms with van der Waals surface area (Å²) in [6.45, 7) is 0.134. The van der Waals surface area contributed by atoms with Gasteiger partial charge in [0.05, 0.1) is 11.5 Å². The van der Waals surface area contributed by atoms with Gasteiger partial charge in [-0.3, -0.25) is 0 Å². The van der Waals surface area contributed by atoms with E-state index in [1.807, 2.05) is 17.8 Å². The molecule has 0 aliphatic heterocycles. The van der Waals surface area contributed by atoms with Crippen LogP contribution in [-0.4, -0.2) is 11.7 Å². The van der Waals surface area contributed by atoms with Crippen molar-refractivity contribution in [3.05, 3.63) is 52.2 Å². The number of hydrogen-bond acceptors (Lipinski definition) is 3. The molecule has 0 fully saturated rings. The molecule has 0 unspecified atom stereocenters. The zero-order valence-electron chi connectivity index (χ0n) is 9.93. The number of benzene rings is 1. The van der Waals surface area contributed by atoms with E-state index in [4.69, 9.17) is 5.11 Å². The molecule has 3 heteroatoms. The maximum absolute atomic E-state index is 8.66. The van der Waals surface area contributed by atoms with Gasteiger partial charge in [0.1, 0.15) is 0 Å². The van der Waals surface area contributed by atoms with Crippen molar-refractivity contribution in [2.75, 3.05) is 6.61 Å². The summed E-state index contributed by atoms with van der Waals surface area (Å²) in [6, 6.07) is 14.6. The Bertz CT molecular complexity index is 534. The fourth-order valence-corrected chi connectivity index (χ4v) is 3.24. The van der Waals surface area contributed by atoms with Gasteiger partial charge in [-0.15, -0.1) is 23.1 Å². The third-order valence-electron chi connectivity index (χ3n) is 2.23. The lowest BCUT2D eigenvalue weighted by Gasteiger charge is -1.97. The maximum Gasteiger partial charge on any atom is 0.0771 e. The van der Waals surface area contributed by atoms with E-state index in [1.54, 1.807) is 11.3 Å². The van der Waals surface area contributed by atoms with Crippen LogP contribution in [0.25, 0.3) is 0 Å². The second-order valence-corrected chi connectivity index (χ2v) is 5.86. The third kappa shape index (κ3) is 4.23. The molecule has 0 atom stereocenters. The monoisotopic (exact) mass is 274 g/mol. The molecule has 92 valence electrons. The SMILES string of the molecule is OCCC#Cc1ccc(CSc2ccccc2)s1. The number of aliphatic hydroxyl groups is 1.